The Morgan fingerprint density at radius 3 is 2.80 bits per heavy atom. The van der Waals surface area contributed by atoms with Crippen molar-refractivity contribution in [3.05, 3.63) is 29.6 Å². The summed E-state index contributed by atoms with van der Waals surface area (Å²) in [5, 5.41) is 17.1. The molecular weight excluding hydrogens is 318 g/mol. The highest BCUT2D eigenvalue weighted by atomic mass is 16.5. The summed E-state index contributed by atoms with van der Waals surface area (Å²) in [6, 6.07) is 5.93. The van der Waals surface area contributed by atoms with Crippen LogP contribution >= 0.6 is 0 Å². The maximum atomic E-state index is 10.7. The number of nitrogens with zero attached hydrogens (tertiary/aromatic N) is 3. The predicted octanol–water partition coefficient (Wildman–Crippen LogP) is 0.528. The molecule has 1 aromatic rings. The normalized spacial score (nSPS) is 18.6. The Morgan fingerprint density at radius 2 is 2.12 bits per heavy atom. The number of ether oxygens (including phenoxy) is 1. The smallest absolute Gasteiger partial charge is 0.191 e. The number of β-amino-alcohol motifs (C(OH)–C–C–N with tert-alkyl or cyclic N) is 1. The first-order chi connectivity index (χ1) is 12.0. The van der Waals surface area contributed by atoms with Gasteiger partial charge in [-0.2, -0.15) is 0 Å². The fourth-order valence-electron chi connectivity index (χ4n) is 2.76. The molecule has 0 radical (unpaired) electrons. The number of aliphatic imine (C=N–C) groups is 1. The van der Waals surface area contributed by atoms with Gasteiger partial charge in [-0.3, -0.25) is 9.88 Å². The van der Waals surface area contributed by atoms with E-state index in [1.54, 1.807) is 0 Å². The Morgan fingerprint density at radius 1 is 1.36 bits per heavy atom. The zero-order valence-corrected chi connectivity index (χ0v) is 15.6. The Bertz CT molecular complexity index is 556. The molecule has 1 saturated heterocycles. The second-order valence-electron chi connectivity index (χ2n) is 6.70. The molecule has 25 heavy (non-hydrogen) atoms. The van der Waals surface area contributed by atoms with Crippen molar-refractivity contribution in [2.24, 2.45) is 4.99 Å². The number of rotatable bonds is 7. The van der Waals surface area contributed by atoms with Gasteiger partial charge in [0.1, 0.15) is 0 Å². The van der Waals surface area contributed by atoms with Gasteiger partial charge in [-0.25, -0.2) is 4.99 Å². The fraction of sp³-hybridized carbons (Fsp3) is 0.667. The maximum absolute atomic E-state index is 10.7. The first-order valence-electron chi connectivity index (χ1n) is 8.96. The van der Waals surface area contributed by atoms with E-state index in [4.69, 9.17) is 4.74 Å². The third-order valence-electron chi connectivity index (χ3n) is 3.99. The highest BCUT2D eigenvalue weighted by molar-refractivity contribution is 5.79. The largest absolute Gasteiger partial charge is 0.387 e. The summed E-state index contributed by atoms with van der Waals surface area (Å²) >= 11 is 0. The van der Waals surface area contributed by atoms with Gasteiger partial charge >= 0.3 is 0 Å². The zero-order chi connectivity index (χ0) is 18.1. The van der Waals surface area contributed by atoms with Crippen molar-refractivity contribution in [1.29, 1.82) is 0 Å². The molecule has 140 valence electrons. The molecule has 0 aliphatic carbocycles. The molecule has 0 bridgehead atoms. The average Bonchev–Trinajstić information content (AvgIpc) is 2.58. The molecule has 0 spiro atoms. The molecule has 1 unspecified atom stereocenters. The van der Waals surface area contributed by atoms with Gasteiger partial charge in [-0.05, 0) is 32.9 Å². The van der Waals surface area contributed by atoms with Crippen molar-refractivity contribution < 1.29 is 9.84 Å². The molecule has 1 atom stereocenters. The first kappa shape index (κ1) is 19.6. The summed E-state index contributed by atoms with van der Waals surface area (Å²) in [6.45, 7) is 11.3. The second kappa shape index (κ2) is 9.70. The van der Waals surface area contributed by atoms with Crippen LogP contribution in [0.15, 0.2) is 23.2 Å². The molecular formula is C18H31N5O2. The quantitative estimate of drug-likeness (QED) is 0.492. The van der Waals surface area contributed by atoms with E-state index >= 15 is 0 Å². The summed E-state index contributed by atoms with van der Waals surface area (Å²) in [5.41, 5.74) is 1.08. The highest BCUT2D eigenvalue weighted by Gasteiger charge is 2.25. The predicted molar refractivity (Wildman–Crippen MR) is 99.7 cm³/mol. The van der Waals surface area contributed by atoms with Gasteiger partial charge in [0.2, 0.25) is 0 Å². The summed E-state index contributed by atoms with van der Waals surface area (Å²) < 4.78 is 5.35. The Kier molecular flexibility index (Phi) is 7.61. The molecule has 1 aromatic heterocycles. The summed E-state index contributed by atoms with van der Waals surface area (Å²) in [5.74, 6) is 0.688. The fourth-order valence-corrected chi connectivity index (χ4v) is 2.76. The van der Waals surface area contributed by atoms with Crippen molar-refractivity contribution in [2.45, 2.75) is 32.9 Å². The lowest BCUT2D eigenvalue weighted by molar-refractivity contribution is -0.0201. The lowest BCUT2D eigenvalue weighted by Crippen LogP contribution is -2.52. The molecule has 1 aliphatic rings. The molecule has 3 N–H and O–H groups in total. The van der Waals surface area contributed by atoms with E-state index in [0.717, 1.165) is 44.2 Å². The molecule has 0 amide bonds. The van der Waals surface area contributed by atoms with Gasteiger partial charge in [0.25, 0.3) is 0 Å². The Hall–Kier alpha value is -1.70. The van der Waals surface area contributed by atoms with E-state index in [2.05, 4.69) is 25.5 Å². The van der Waals surface area contributed by atoms with Crippen molar-refractivity contribution >= 4 is 5.96 Å². The topological polar surface area (TPSA) is 82.0 Å². The number of hydrogen-bond acceptors (Lipinski definition) is 5. The number of aryl methyl sites for hydroxylation is 1. The van der Waals surface area contributed by atoms with Crippen LogP contribution in [0.1, 0.15) is 25.2 Å². The van der Waals surface area contributed by atoms with Crippen molar-refractivity contribution in [3.8, 4) is 0 Å². The van der Waals surface area contributed by atoms with E-state index in [9.17, 15) is 5.11 Å². The van der Waals surface area contributed by atoms with Gasteiger partial charge < -0.3 is 20.5 Å². The third kappa shape index (κ3) is 7.37. The van der Waals surface area contributed by atoms with Gasteiger partial charge in [0, 0.05) is 38.4 Å². The zero-order valence-electron chi connectivity index (χ0n) is 15.6. The standard InChI is InChI=1S/C18H31N5O2/c1-4-19-17(20-12-16-7-5-6-15(2)22-16)21-13-18(3,24)14-23-8-10-25-11-9-23/h5-7,24H,4,8-14H2,1-3H3,(H2,19,20,21). The highest BCUT2D eigenvalue weighted by Crippen LogP contribution is 2.07. The van der Waals surface area contributed by atoms with Gasteiger partial charge in [0.05, 0.1) is 31.1 Å². The average molecular weight is 349 g/mol. The molecule has 1 fully saturated rings. The molecule has 2 heterocycles. The van der Waals surface area contributed by atoms with Gasteiger partial charge in [-0.1, -0.05) is 6.07 Å². The maximum Gasteiger partial charge on any atom is 0.191 e. The minimum atomic E-state index is -0.838. The molecule has 0 saturated carbocycles. The van der Waals surface area contributed by atoms with Crippen molar-refractivity contribution in [2.75, 3.05) is 45.9 Å². The van der Waals surface area contributed by atoms with Crippen LogP contribution in [0, 0.1) is 6.92 Å². The van der Waals surface area contributed by atoms with Crippen LogP contribution in [-0.2, 0) is 11.3 Å². The van der Waals surface area contributed by atoms with Crippen molar-refractivity contribution in [1.82, 2.24) is 20.5 Å². The summed E-state index contributed by atoms with van der Waals surface area (Å²) in [6.07, 6.45) is 0. The van der Waals surface area contributed by atoms with E-state index < -0.39 is 5.60 Å². The molecule has 7 heteroatoms. The number of aromatic nitrogens is 1. The van der Waals surface area contributed by atoms with Crippen molar-refractivity contribution in [3.63, 3.8) is 0 Å². The van der Waals surface area contributed by atoms with Crippen LogP contribution < -0.4 is 10.6 Å². The summed E-state index contributed by atoms with van der Waals surface area (Å²) in [4.78, 5) is 11.3. The van der Waals surface area contributed by atoms with E-state index in [-0.39, 0.29) is 0 Å². The van der Waals surface area contributed by atoms with Crippen LogP contribution in [0.2, 0.25) is 0 Å². The van der Waals surface area contributed by atoms with Crippen LogP contribution in [-0.4, -0.2) is 72.5 Å². The van der Waals surface area contributed by atoms with Crippen LogP contribution in [0.4, 0.5) is 0 Å². The number of pyridine rings is 1. The minimum Gasteiger partial charge on any atom is -0.387 e. The number of hydrogen-bond donors (Lipinski definition) is 3. The van der Waals surface area contributed by atoms with Crippen LogP contribution in [0.3, 0.4) is 0 Å². The molecule has 0 aromatic carbocycles. The molecule has 1 aliphatic heterocycles. The van der Waals surface area contributed by atoms with Gasteiger partial charge in [0.15, 0.2) is 5.96 Å². The van der Waals surface area contributed by atoms with E-state index in [1.807, 2.05) is 39.0 Å². The first-order valence-corrected chi connectivity index (χ1v) is 8.96. The number of aliphatic hydroxyl groups is 1. The summed E-state index contributed by atoms with van der Waals surface area (Å²) in [7, 11) is 0. The minimum absolute atomic E-state index is 0.428. The lowest BCUT2D eigenvalue weighted by Gasteiger charge is -2.34. The van der Waals surface area contributed by atoms with E-state index in [1.165, 1.54) is 0 Å². The lowest BCUT2D eigenvalue weighted by atomic mass is 10.1. The Labute approximate surface area is 150 Å². The molecule has 2 rings (SSSR count). The van der Waals surface area contributed by atoms with Crippen LogP contribution in [0.5, 0.6) is 0 Å². The third-order valence-corrected chi connectivity index (χ3v) is 3.99. The van der Waals surface area contributed by atoms with Crippen LogP contribution in [0.25, 0.3) is 0 Å². The van der Waals surface area contributed by atoms with Gasteiger partial charge in [-0.15, -0.1) is 0 Å². The number of guanidine groups is 1. The number of nitrogens with one attached hydrogen (secondary N) is 2. The SMILES string of the molecule is CCNC(=NCc1cccc(C)n1)NCC(C)(O)CN1CCOCC1. The molecule has 7 nitrogen and oxygen atoms in total. The second-order valence-corrected chi connectivity index (χ2v) is 6.70. The Balaban J connectivity index is 1.87. The number of morpholine rings is 1. The van der Waals surface area contributed by atoms with E-state index in [0.29, 0.717) is 25.6 Å². The monoisotopic (exact) mass is 349 g/mol.